The van der Waals surface area contributed by atoms with E-state index < -0.39 is 0 Å². The summed E-state index contributed by atoms with van der Waals surface area (Å²) in [6, 6.07) is 26.4. The summed E-state index contributed by atoms with van der Waals surface area (Å²) in [6.07, 6.45) is 5.62. The van der Waals surface area contributed by atoms with Crippen molar-refractivity contribution in [1.82, 2.24) is 19.4 Å². The fourth-order valence-corrected chi connectivity index (χ4v) is 6.40. The molecule has 0 saturated carbocycles. The van der Waals surface area contributed by atoms with Gasteiger partial charge in [0, 0.05) is 29.6 Å². The quantitative estimate of drug-likeness (QED) is 0.243. The second-order valence-electron chi connectivity index (χ2n) is 9.68. The first kappa shape index (κ1) is 17.8. The Kier molecular flexibility index (Phi) is 3.11. The van der Waals surface area contributed by atoms with E-state index in [4.69, 9.17) is 15.0 Å². The van der Waals surface area contributed by atoms with Crippen molar-refractivity contribution < 1.29 is 0 Å². The fraction of sp³-hybridized carbons (Fsp3) is 0.0645. The summed E-state index contributed by atoms with van der Waals surface area (Å²) in [5.74, 6) is 0. The molecule has 0 amide bonds. The maximum Gasteiger partial charge on any atom is 0.149 e. The predicted octanol–water partition coefficient (Wildman–Crippen LogP) is 6.73. The summed E-state index contributed by atoms with van der Waals surface area (Å²) < 4.78 is 2.22. The number of nitrogens with zero attached hydrogens (tertiary/aromatic N) is 4. The molecule has 35 heavy (non-hydrogen) atoms. The monoisotopic (exact) mass is 446 g/mol. The van der Waals surface area contributed by atoms with Crippen molar-refractivity contribution in [2.45, 2.75) is 12.8 Å². The minimum atomic E-state index is 0.905. The molecule has 0 N–H and O–H groups in total. The van der Waals surface area contributed by atoms with Gasteiger partial charge in [0.05, 0.1) is 16.6 Å². The zero-order chi connectivity index (χ0) is 22.7. The van der Waals surface area contributed by atoms with Crippen molar-refractivity contribution in [3.8, 4) is 22.3 Å². The van der Waals surface area contributed by atoms with Gasteiger partial charge in [-0.2, -0.15) is 0 Å². The SMILES string of the molecule is c1ccc2c(c1)Cc1cc3c(cc1-2)Cc1c-3ccc2c1nc1c3cccnc3c3cccnc3n21. The van der Waals surface area contributed by atoms with Crippen LogP contribution in [0.5, 0.6) is 0 Å². The second-order valence-corrected chi connectivity index (χ2v) is 9.68. The maximum absolute atomic E-state index is 5.25. The zero-order valence-corrected chi connectivity index (χ0v) is 18.8. The summed E-state index contributed by atoms with van der Waals surface area (Å²) in [5.41, 5.74) is 16.0. The van der Waals surface area contributed by atoms with E-state index in [1.807, 2.05) is 24.5 Å². The van der Waals surface area contributed by atoms with Gasteiger partial charge in [-0.3, -0.25) is 9.38 Å². The van der Waals surface area contributed by atoms with Crippen LogP contribution < -0.4 is 0 Å². The van der Waals surface area contributed by atoms with Gasteiger partial charge in [0.15, 0.2) is 0 Å². The number of rotatable bonds is 0. The Morgan fingerprint density at radius 3 is 2.26 bits per heavy atom. The van der Waals surface area contributed by atoms with Crippen molar-refractivity contribution in [3.05, 3.63) is 107 Å². The maximum atomic E-state index is 5.25. The van der Waals surface area contributed by atoms with Gasteiger partial charge in [-0.15, -0.1) is 0 Å². The number of fused-ring (bicyclic) bond motifs is 15. The van der Waals surface area contributed by atoms with E-state index in [-0.39, 0.29) is 0 Å². The molecule has 4 aromatic heterocycles. The van der Waals surface area contributed by atoms with Crippen LogP contribution >= 0.6 is 0 Å². The Morgan fingerprint density at radius 1 is 0.571 bits per heavy atom. The van der Waals surface area contributed by atoms with Crippen LogP contribution in [0.1, 0.15) is 22.3 Å². The number of benzene rings is 3. The van der Waals surface area contributed by atoms with Crippen LogP contribution in [0.25, 0.3) is 60.9 Å². The molecular formula is C31H18N4. The lowest BCUT2D eigenvalue weighted by atomic mass is 9.98. The number of pyridine rings is 3. The molecule has 0 aliphatic heterocycles. The number of aromatic nitrogens is 4. The first-order chi connectivity index (χ1) is 17.3. The van der Waals surface area contributed by atoms with Gasteiger partial charge in [-0.05, 0) is 93.4 Å². The lowest BCUT2D eigenvalue weighted by Gasteiger charge is -2.07. The molecule has 0 bridgehead atoms. The molecule has 7 aromatic rings. The first-order valence-electron chi connectivity index (χ1n) is 12.0. The summed E-state index contributed by atoms with van der Waals surface area (Å²) in [4.78, 5) is 14.7. The van der Waals surface area contributed by atoms with E-state index in [2.05, 4.69) is 65.1 Å². The second kappa shape index (κ2) is 6.10. The van der Waals surface area contributed by atoms with Crippen LogP contribution in [0.2, 0.25) is 0 Å². The van der Waals surface area contributed by atoms with Gasteiger partial charge < -0.3 is 0 Å². The highest BCUT2D eigenvalue weighted by atomic mass is 15.1. The van der Waals surface area contributed by atoms with Gasteiger partial charge in [-0.25, -0.2) is 9.97 Å². The van der Waals surface area contributed by atoms with E-state index >= 15 is 0 Å². The van der Waals surface area contributed by atoms with Gasteiger partial charge >= 0.3 is 0 Å². The number of imidazole rings is 1. The normalized spacial score (nSPS) is 13.5. The summed E-state index contributed by atoms with van der Waals surface area (Å²) in [5, 5.41) is 2.11. The molecule has 0 spiro atoms. The largest absolute Gasteiger partial charge is 0.276 e. The summed E-state index contributed by atoms with van der Waals surface area (Å²) >= 11 is 0. The average molecular weight is 447 g/mol. The van der Waals surface area contributed by atoms with Crippen LogP contribution in [0.3, 0.4) is 0 Å². The standard InChI is InChI=1S/C31H18N4/c1-2-6-20-17(5-1)13-18-14-25-19(15-24(18)20)16-26-21(25)9-10-27-29(26)34-31-23-8-3-11-32-28(23)22-7-4-12-33-30(22)35(27)31/h1-12,14-15H,13,16H2. The molecule has 0 atom stereocenters. The lowest BCUT2D eigenvalue weighted by molar-refractivity contribution is 1.23. The van der Waals surface area contributed by atoms with Crippen LogP contribution in [-0.4, -0.2) is 19.4 Å². The Hall–Kier alpha value is -4.57. The van der Waals surface area contributed by atoms with E-state index in [1.54, 1.807) is 0 Å². The van der Waals surface area contributed by atoms with E-state index in [0.717, 1.165) is 51.5 Å². The molecule has 2 aliphatic carbocycles. The lowest BCUT2D eigenvalue weighted by Crippen LogP contribution is -1.94. The molecule has 4 heterocycles. The Balaban J connectivity index is 1.35. The van der Waals surface area contributed by atoms with Gasteiger partial charge in [0.1, 0.15) is 11.3 Å². The van der Waals surface area contributed by atoms with Gasteiger partial charge in [0.2, 0.25) is 0 Å². The molecule has 3 aromatic carbocycles. The van der Waals surface area contributed by atoms with E-state index in [9.17, 15) is 0 Å². The highest BCUT2D eigenvalue weighted by Crippen LogP contribution is 2.46. The van der Waals surface area contributed by atoms with E-state index in [0.29, 0.717) is 0 Å². The molecule has 0 fully saturated rings. The molecule has 0 saturated heterocycles. The van der Waals surface area contributed by atoms with Crippen LogP contribution in [0.4, 0.5) is 0 Å². The Morgan fingerprint density at radius 2 is 1.34 bits per heavy atom. The molecular weight excluding hydrogens is 428 g/mol. The summed E-state index contributed by atoms with van der Waals surface area (Å²) in [7, 11) is 0. The van der Waals surface area contributed by atoms with Crippen LogP contribution in [0.15, 0.2) is 85.2 Å². The van der Waals surface area contributed by atoms with Crippen LogP contribution in [-0.2, 0) is 12.8 Å². The minimum Gasteiger partial charge on any atom is -0.276 e. The molecule has 4 nitrogen and oxygen atoms in total. The summed E-state index contributed by atoms with van der Waals surface area (Å²) in [6.45, 7) is 0. The highest BCUT2D eigenvalue weighted by molar-refractivity contribution is 6.11. The minimum absolute atomic E-state index is 0.905. The van der Waals surface area contributed by atoms with E-state index in [1.165, 1.54) is 44.5 Å². The van der Waals surface area contributed by atoms with Crippen molar-refractivity contribution in [2.24, 2.45) is 0 Å². The zero-order valence-electron chi connectivity index (χ0n) is 18.8. The third kappa shape index (κ3) is 2.15. The molecule has 0 radical (unpaired) electrons. The Labute approximate surface area is 200 Å². The van der Waals surface area contributed by atoms with Gasteiger partial charge in [0.25, 0.3) is 0 Å². The smallest absolute Gasteiger partial charge is 0.149 e. The molecule has 9 rings (SSSR count). The first-order valence-corrected chi connectivity index (χ1v) is 12.0. The van der Waals surface area contributed by atoms with Crippen molar-refractivity contribution in [2.75, 3.05) is 0 Å². The van der Waals surface area contributed by atoms with Crippen LogP contribution in [0, 0.1) is 0 Å². The van der Waals surface area contributed by atoms with Crippen molar-refractivity contribution in [3.63, 3.8) is 0 Å². The highest BCUT2D eigenvalue weighted by Gasteiger charge is 2.28. The van der Waals surface area contributed by atoms with Gasteiger partial charge in [-0.1, -0.05) is 30.3 Å². The fourth-order valence-electron chi connectivity index (χ4n) is 6.40. The molecule has 2 aliphatic rings. The Bertz CT molecular complexity index is 2070. The third-order valence-electron chi connectivity index (χ3n) is 7.91. The third-order valence-corrected chi connectivity index (χ3v) is 7.91. The molecule has 0 unspecified atom stereocenters. The van der Waals surface area contributed by atoms with Crippen molar-refractivity contribution in [1.29, 1.82) is 0 Å². The number of hydrogen-bond donors (Lipinski definition) is 0. The number of hydrogen-bond acceptors (Lipinski definition) is 3. The topological polar surface area (TPSA) is 43.1 Å². The molecule has 4 heteroatoms. The predicted molar refractivity (Wildman–Crippen MR) is 140 cm³/mol. The van der Waals surface area contributed by atoms with Crippen molar-refractivity contribution >= 4 is 38.6 Å². The molecule has 162 valence electrons. The average Bonchev–Trinajstić information content (AvgIpc) is 3.58.